The largest absolute Gasteiger partial charge is 0.465 e. The van der Waals surface area contributed by atoms with Gasteiger partial charge in [0.15, 0.2) is 0 Å². The number of benzene rings is 3. The van der Waals surface area contributed by atoms with Crippen molar-refractivity contribution in [3.63, 3.8) is 0 Å². The van der Waals surface area contributed by atoms with Gasteiger partial charge in [-0.3, -0.25) is 0 Å². The molecule has 1 fully saturated rings. The Kier molecular flexibility index (Phi) is 7.72. The van der Waals surface area contributed by atoms with E-state index in [0.717, 1.165) is 37.3 Å². The van der Waals surface area contributed by atoms with Crippen LogP contribution < -0.4 is 4.90 Å². The van der Waals surface area contributed by atoms with Gasteiger partial charge < -0.3 is 14.4 Å². The van der Waals surface area contributed by atoms with E-state index in [4.69, 9.17) is 9.47 Å². The minimum Gasteiger partial charge on any atom is -0.465 e. The monoisotopic (exact) mass is 483 g/mol. The fourth-order valence-corrected chi connectivity index (χ4v) is 5.68. The number of hydrogen-bond donors (Lipinski definition) is 0. The molecule has 2 aliphatic carbocycles. The molecule has 4 heteroatoms. The number of carbonyl (C=O) groups excluding carboxylic acids is 1. The second kappa shape index (κ2) is 11.3. The molecule has 2 aliphatic rings. The van der Waals surface area contributed by atoms with Crippen molar-refractivity contribution in [2.75, 3.05) is 32.3 Å². The molecule has 4 nitrogen and oxygen atoms in total. The van der Waals surface area contributed by atoms with Gasteiger partial charge in [0.2, 0.25) is 0 Å². The Morgan fingerprint density at radius 1 is 0.944 bits per heavy atom. The molecule has 0 aromatic heterocycles. The molecule has 0 saturated heterocycles. The fourth-order valence-electron chi connectivity index (χ4n) is 5.68. The van der Waals surface area contributed by atoms with Crippen LogP contribution >= 0.6 is 0 Å². The van der Waals surface area contributed by atoms with Gasteiger partial charge in [0.05, 0.1) is 19.3 Å². The van der Waals surface area contributed by atoms with Crippen LogP contribution in [-0.4, -0.2) is 33.3 Å². The van der Waals surface area contributed by atoms with Gasteiger partial charge in [-0.25, -0.2) is 4.79 Å². The highest BCUT2D eigenvalue weighted by Crippen LogP contribution is 2.41. The summed E-state index contributed by atoms with van der Waals surface area (Å²) in [4.78, 5) is 14.6. The Morgan fingerprint density at radius 3 is 2.47 bits per heavy atom. The van der Waals surface area contributed by atoms with E-state index < -0.39 is 0 Å². The minimum absolute atomic E-state index is 0.249. The molecule has 3 aromatic rings. The molecule has 1 saturated carbocycles. The molecule has 0 radical (unpaired) electrons. The predicted octanol–water partition coefficient (Wildman–Crippen LogP) is 7.19. The predicted molar refractivity (Wildman–Crippen MR) is 146 cm³/mol. The number of fused-ring (bicyclic) bond motifs is 1. The van der Waals surface area contributed by atoms with Crippen LogP contribution in [0.5, 0.6) is 0 Å². The Balaban J connectivity index is 1.35. The van der Waals surface area contributed by atoms with Gasteiger partial charge >= 0.3 is 5.97 Å². The molecule has 3 aromatic carbocycles. The van der Waals surface area contributed by atoms with Gasteiger partial charge in [-0.1, -0.05) is 36.4 Å². The number of esters is 1. The van der Waals surface area contributed by atoms with Crippen LogP contribution in [0.3, 0.4) is 0 Å². The van der Waals surface area contributed by atoms with Crippen LogP contribution in [0.15, 0.2) is 66.7 Å². The van der Waals surface area contributed by atoms with Crippen molar-refractivity contribution in [2.45, 2.75) is 56.8 Å². The Labute approximate surface area is 215 Å². The van der Waals surface area contributed by atoms with Gasteiger partial charge in [0, 0.05) is 25.0 Å². The van der Waals surface area contributed by atoms with Crippen molar-refractivity contribution in [2.24, 2.45) is 0 Å². The van der Waals surface area contributed by atoms with E-state index >= 15 is 0 Å². The van der Waals surface area contributed by atoms with Crippen LogP contribution in [0.2, 0.25) is 0 Å². The molecule has 0 bridgehead atoms. The Bertz CT molecular complexity index is 1180. The van der Waals surface area contributed by atoms with Crippen LogP contribution in [0.1, 0.15) is 76.6 Å². The summed E-state index contributed by atoms with van der Waals surface area (Å²) in [5.41, 5.74) is 8.62. The number of anilines is 2. The van der Waals surface area contributed by atoms with Crippen molar-refractivity contribution in [1.29, 1.82) is 0 Å². The lowest BCUT2D eigenvalue weighted by molar-refractivity contribution is 0.0599. The molecule has 1 atom stereocenters. The smallest absolute Gasteiger partial charge is 0.338 e. The maximum Gasteiger partial charge on any atom is 0.338 e. The first-order chi connectivity index (χ1) is 17.7. The second-order valence-corrected chi connectivity index (χ2v) is 10.2. The topological polar surface area (TPSA) is 38.8 Å². The molecule has 0 N–H and O–H groups in total. The Morgan fingerprint density at radius 2 is 1.72 bits per heavy atom. The van der Waals surface area contributed by atoms with Gasteiger partial charge in [0.1, 0.15) is 0 Å². The quantitative estimate of drug-likeness (QED) is 0.286. The van der Waals surface area contributed by atoms with Crippen molar-refractivity contribution >= 4 is 17.3 Å². The van der Waals surface area contributed by atoms with Gasteiger partial charge in [0.25, 0.3) is 0 Å². The SMILES string of the molecule is COCCN(c1ccc(C2CC2)cc1)c1ccc2c(c1)CCC[C@H]2CCc1ccccc1C(=O)OC. The summed E-state index contributed by atoms with van der Waals surface area (Å²) in [6.45, 7) is 1.51. The van der Waals surface area contributed by atoms with E-state index in [1.54, 1.807) is 7.11 Å². The average molecular weight is 484 g/mol. The highest BCUT2D eigenvalue weighted by molar-refractivity contribution is 5.91. The number of ether oxygens (including phenoxy) is 2. The van der Waals surface area contributed by atoms with E-state index in [0.29, 0.717) is 18.1 Å². The van der Waals surface area contributed by atoms with Crippen LogP contribution in [0, 0.1) is 0 Å². The summed E-state index contributed by atoms with van der Waals surface area (Å²) in [6, 6.07) is 24.0. The maximum absolute atomic E-state index is 12.2. The number of rotatable bonds is 10. The first-order valence-electron chi connectivity index (χ1n) is 13.3. The van der Waals surface area contributed by atoms with Crippen LogP contribution in [0.25, 0.3) is 0 Å². The zero-order valence-electron chi connectivity index (χ0n) is 21.5. The molecule has 0 unspecified atom stereocenters. The second-order valence-electron chi connectivity index (χ2n) is 10.2. The maximum atomic E-state index is 12.2. The lowest BCUT2D eigenvalue weighted by Crippen LogP contribution is -2.22. The zero-order valence-corrected chi connectivity index (χ0v) is 21.5. The highest BCUT2D eigenvalue weighted by atomic mass is 16.5. The summed E-state index contributed by atoms with van der Waals surface area (Å²) in [7, 11) is 3.22. The normalized spacial score (nSPS) is 16.9. The molecule has 0 spiro atoms. The van der Waals surface area contributed by atoms with Gasteiger partial charge in [-0.2, -0.15) is 0 Å². The summed E-state index contributed by atoms with van der Waals surface area (Å²) >= 11 is 0. The van der Waals surface area contributed by atoms with Crippen molar-refractivity contribution < 1.29 is 14.3 Å². The number of hydrogen-bond acceptors (Lipinski definition) is 4. The summed E-state index contributed by atoms with van der Waals surface area (Å²) in [5, 5.41) is 0. The number of aryl methyl sites for hydroxylation is 2. The molecule has 0 amide bonds. The minimum atomic E-state index is -0.249. The molecule has 0 aliphatic heterocycles. The lowest BCUT2D eigenvalue weighted by Gasteiger charge is -2.30. The lowest BCUT2D eigenvalue weighted by atomic mass is 9.79. The molecular formula is C32H37NO3. The van der Waals surface area contributed by atoms with E-state index in [-0.39, 0.29) is 5.97 Å². The fraction of sp³-hybridized carbons (Fsp3) is 0.406. The summed E-state index contributed by atoms with van der Waals surface area (Å²) < 4.78 is 10.4. The molecular weight excluding hydrogens is 446 g/mol. The molecule has 5 rings (SSSR count). The van der Waals surface area contributed by atoms with Crippen molar-refractivity contribution in [3.05, 3.63) is 94.5 Å². The average Bonchev–Trinajstić information content (AvgIpc) is 3.78. The van der Waals surface area contributed by atoms with Gasteiger partial charge in [-0.15, -0.1) is 0 Å². The van der Waals surface area contributed by atoms with E-state index in [9.17, 15) is 4.79 Å². The van der Waals surface area contributed by atoms with Gasteiger partial charge in [-0.05, 0) is 109 Å². The third-order valence-corrected chi connectivity index (χ3v) is 7.83. The first-order valence-corrected chi connectivity index (χ1v) is 13.3. The number of nitrogens with zero attached hydrogens (tertiary/aromatic N) is 1. The van der Waals surface area contributed by atoms with E-state index in [2.05, 4.69) is 53.4 Å². The number of carbonyl (C=O) groups is 1. The van der Waals surface area contributed by atoms with E-state index in [1.807, 2.05) is 18.2 Å². The molecule has 36 heavy (non-hydrogen) atoms. The third kappa shape index (κ3) is 5.49. The number of methoxy groups -OCH3 is 2. The zero-order chi connectivity index (χ0) is 24.9. The van der Waals surface area contributed by atoms with Crippen LogP contribution in [0.4, 0.5) is 11.4 Å². The highest BCUT2D eigenvalue weighted by Gasteiger charge is 2.24. The summed E-state index contributed by atoms with van der Waals surface area (Å²) in [6.07, 6.45) is 8.09. The Hall–Kier alpha value is -3.11. The molecule has 188 valence electrons. The third-order valence-electron chi connectivity index (χ3n) is 7.83. The van der Waals surface area contributed by atoms with E-state index in [1.165, 1.54) is 60.9 Å². The molecule has 0 heterocycles. The van der Waals surface area contributed by atoms with Crippen molar-refractivity contribution in [1.82, 2.24) is 0 Å². The standard InChI is InChI=1S/C32H37NO3/c1-35-21-20-33(28-16-14-24(15-17-28)23-10-11-23)29-18-19-30-25(7-5-8-27(30)22-29)12-13-26-6-3-4-9-31(26)32(34)36-2/h3-4,6,9,14-19,22-23,25H,5,7-8,10-13,20-21H2,1-2H3/t25-/m0/s1. The van der Waals surface area contributed by atoms with Crippen molar-refractivity contribution in [3.8, 4) is 0 Å². The van der Waals surface area contributed by atoms with Crippen LogP contribution in [-0.2, 0) is 22.3 Å². The first kappa shape index (κ1) is 24.6. The summed E-state index contributed by atoms with van der Waals surface area (Å²) in [5.74, 6) is 1.03.